The maximum absolute atomic E-state index is 6.46. The predicted octanol–water partition coefficient (Wildman–Crippen LogP) is 3.99. The maximum atomic E-state index is 6.46. The number of rotatable bonds is 12. The molecule has 0 saturated carbocycles. The van der Waals surface area contributed by atoms with Crippen LogP contribution >= 0.6 is 0 Å². The molecule has 5 nitrogen and oxygen atoms in total. The van der Waals surface area contributed by atoms with Crippen LogP contribution < -0.4 is 11.1 Å². The smallest absolute Gasteiger partial charge is 0.377 e. The molecule has 2 atom stereocenters. The summed E-state index contributed by atoms with van der Waals surface area (Å²) in [6.45, 7) is 8.63. The zero-order valence-electron chi connectivity index (χ0n) is 15.8. The minimum absolute atomic E-state index is 0.141. The molecule has 1 rings (SSSR count). The molecular formula is C18H34N2O3Si. The number of nitrogens with two attached hydrogens (primary N) is 1. The highest BCUT2D eigenvalue weighted by Crippen LogP contribution is 2.27. The summed E-state index contributed by atoms with van der Waals surface area (Å²) >= 11 is 0. The van der Waals surface area contributed by atoms with Crippen LogP contribution in [-0.2, 0) is 13.3 Å². The van der Waals surface area contributed by atoms with Gasteiger partial charge < -0.3 is 24.3 Å². The molecular weight excluding hydrogens is 320 g/mol. The monoisotopic (exact) mass is 354 g/mol. The van der Waals surface area contributed by atoms with Crippen LogP contribution in [0.3, 0.4) is 0 Å². The van der Waals surface area contributed by atoms with E-state index >= 15 is 0 Å². The summed E-state index contributed by atoms with van der Waals surface area (Å²) < 4.78 is 18.7. The van der Waals surface area contributed by atoms with Gasteiger partial charge >= 0.3 is 8.80 Å². The van der Waals surface area contributed by atoms with Gasteiger partial charge in [0.15, 0.2) is 0 Å². The summed E-state index contributed by atoms with van der Waals surface area (Å²) in [6, 6.07) is 10.7. The summed E-state index contributed by atoms with van der Waals surface area (Å²) in [6.07, 6.45) is 2.95. The number of benzene rings is 1. The van der Waals surface area contributed by atoms with Gasteiger partial charge in [0.05, 0.1) is 0 Å². The molecule has 0 aliphatic heterocycles. The number of hydrogen-bond acceptors (Lipinski definition) is 5. The normalized spacial score (nSPS) is 16.6. The van der Waals surface area contributed by atoms with Gasteiger partial charge in [-0.1, -0.05) is 45.4 Å². The molecule has 0 fully saturated rings. The van der Waals surface area contributed by atoms with E-state index in [1.165, 1.54) is 0 Å². The minimum Gasteiger partial charge on any atom is -0.377 e. The first kappa shape index (κ1) is 21.1. The average molecular weight is 355 g/mol. The lowest BCUT2D eigenvalue weighted by atomic mass is 10.2. The molecule has 0 spiro atoms. The van der Waals surface area contributed by atoms with Crippen molar-refractivity contribution in [3.05, 3.63) is 30.3 Å². The second-order valence-corrected chi connectivity index (χ2v) is 8.94. The zero-order valence-corrected chi connectivity index (χ0v) is 16.8. The Kier molecular flexibility index (Phi) is 8.94. The summed E-state index contributed by atoms with van der Waals surface area (Å²) in [5.41, 5.74) is 6.25. The molecule has 0 amide bonds. The summed E-state index contributed by atoms with van der Waals surface area (Å²) in [5, 5.41) is 3.39. The molecule has 1 aromatic carbocycles. The second-order valence-electron chi connectivity index (χ2n) is 6.22. The summed E-state index contributed by atoms with van der Waals surface area (Å²) in [7, 11) is -1.14. The van der Waals surface area contributed by atoms with E-state index in [1.807, 2.05) is 37.3 Å². The van der Waals surface area contributed by atoms with E-state index in [2.05, 4.69) is 26.1 Å². The van der Waals surface area contributed by atoms with Gasteiger partial charge in [-0.15, -0.1) is 0 Å². The van der Waals surface area contributed by atoms with Crippen LogP contribution in [0.25, 0.3) is 0 Å². The van der Waals surface area contributed by atoms with Crippen molar-refractivity contribution in [2.24, 2.45) is 5.73 Å². The van der Waals surface area contributed by atoms with Crippen LogP contribution in [0.1, 0.15) is 47.0 Å². The van der Waals surface area contributed by atoms with E-state index < -0.39 is 14.5 Å². The third kappa shape index (κ3) is 6.18. The molecule has 0 radical (unpaired) electrons. The Balaban J connectivity index is 2.99. The highest BCUT2D eigenvalue weighted by molar-refractivity contribution is 6.60. The van der Waals surface area contributed by atoms with Crippen molar-refractivity contribution in [1.82, 2.24) is 0 Å². The predicted molar refractivity (Wildman–Crippen MR) is 102 cm³/mol. The van der Waals surface area contributed by atoms with E-state index in [4.69, 9.17) is 19.0 Å². The Hall–Kier alpha value is -0.923. The standard InChI is InChI=1S/C18H34N2O3Si/c1-6-14-24(21-5,22-17(7-2)8-3)23-18(4,15-19)20-16-12-10-9-11-13-16/h9-13,17,20H,6-8,14-15,19H2,1-5H3. The van der Waals surface area contributed by atoms with Crippen molar-refractivity contribution in [2.45, 2.75) is 64.8 Å². The third-order valence-corrected chi connectivity index (χ3v) is 7.27. The Morgan fingerprint density at radius 3 is 2.25 bits per heavy atom. The molecule has 2 unspecified atom stereocenters. The first-order valence-electron chi connectivity index (χ1n) is 8.92. The van der Waals surface area contributed by atoms with Crippen LogP contribution in [0, 0.1) is 0 Å². The highest BCUT2D eigenvalue weighted by atomic mass is 28.4. The summed E-state index contributed by atoms with van der Waals surface area (Å²) in [4.78, 5) is 0. The SMILES string of the molecule is CCC[Si](OC)(OC(CC)CC)OC(C)(CN)Nc1ccccc1. The van der Waals surface area contributed by atoms with Gasteiger partial charge in [0, 0.05) is 31.5 Å². The van der Waals surface area contributed by atoms with Gasteiger partial charge in [-0.2, -0.15) is 0 Å². The molecule has 6 heteroatoms. The molecule has 0 aromatic heterocycles. The van der Waals surface area contributed by atoms with Crippen LogP contribution in [0.5, 0.6) is 0 Å². The van der Waals surface area contributed by atoms with E-state index in [0.717, 1.165) is 31.0 Å². The molecule has 138 valence electrons. The van der Waals surface area contributed by atoms with Gasteiger partial charge in [-0.05, 0) is 31.9 Å². The highest BCUT2D eigenvalue weighted by Gasteiger charge is 2.46. The van der Waals surface area contributed by atoms with Gasteiger partial charge in [-0.25, -0.2) is 0 Å². The van der Waals surface area contributed by atoms with E-state index in [1.54, 1.807) is 7.11 Å². The van der Waals surface area contributed by atoms with Crippen molar-refractivity contribution in [3.8, 4) is 0 Å². The zero-order chi connectivity index (χ0) is 18.1. The van der Waals surface area contributed by atoms with E-state index in [-0.39, 0.29) is 6.10 Å². The Morgan fingerprint density at radius 1 is 1.17 bits per heavy atom. The molecule has 0 bridgehead atoms. The van der Waals surface area contributed by atoms with E-state index in [9.17, 15) is 0 Å². The second kappa shape index (κ2) is 10.2. The van der Waals surface area contributed by atoms with Crippen LogP contribution in [0.2, 0.25) is 6.04 Å². The number of anilines is 1. The fraction of sp³-hybridized carbons (Fsp3) is 0.667. The van der Waals surface area contributed by atoms with Crippen molar-refractivity contribution >= 4 is 14.5 Å². The Morgan fingerprint density at radius 2 is 1.79 bits per heavy atom. The molecule has 0 heterocycles. The van der Waals surface area contributed by atoms with Crippen molar-refractivity contribution in [2.75, 3.05) is 19.0 Å². The molecule has 0 aliphatic rings. The first-order chi connectivity index (χ1) is 11.5. The largest absolute Gasteiger partial charge is 0.502 e. The minimum atomic E-state index is -2.83. The van der Waals surface area contributed by atoms with Gasteiger partial charge in [0.25, 0.3) is 0 Å². The van der Waals surface area contributed by atoms with E-state index in [0.29, 0.717) is 6.54 Å². The molecule has 0 aliphatic carbocycles. The maximum Gasteiger partial charge on any atom is 0.502 e. The lowest BCUT2D eigenvalue weighted by Crippen LogP contribution is -2.58. The number of hydrogen-bond donors (Lipinski definition) is 2. The molecule has 1 aromatic rings. The van der Waals surface area contributed by atoms with Gasteiger partial charge in [0.2, 0.25) is 0 Å². The summed E-state index contributed by atoms with van der Waals surface area (Å²) in [5.74, 6) is 0. The third-order valence-electron chi connectivity index (χ3n) is 4.08. The van der Waals surface area contributed by atoms with Crippen LogP contribution in [-0.4, -0.2) is 34.3 Å². The van der Waals surface area contributed by atoms with Crippen molar-refractivity contribution in [1.29, 1.82) is 0 Å². The molecule has 0 saturated heterocycles. The molecule has 24 heavy (non-hydrogen) atoms. The van der Waals surface area contributed by atoms with Gasteiger partial charge in [0.1, 0.15) is 5.72 Å². The Labute approximate surface area is 148 Å². The van der Waals surface area contributed by atoms with Crippen LogP contribution in [0.4, 0.5) is 5.69 Å². The first-order valence-corrected chi connectivity index (χ1v) is 10.9. The fourth-order valence-corrected chi connectivity index (χ4v) is 5.56. The lowest BCUT2D eigenvalue weighted by Gasteiger charge is -2.40. The average Bonchev–Trinajstić information content (AvgIpc) is 2.60. The van der Waals surface area contributed by atoms with Crippen molar-refractivity contribution in [3.63, 3.8) is 0 Å². The Bertz CT molecular complexity index is 459. The lowest BCUT2D eigenvalue weighted by molar-refractivity contribution is -0.0167. The van der Waals surface area contributed by atoms with Gasteiger partial charge in [-0.3, -0.25) is 0 Å². The van der Waals surface area contributed by atoms with Crippen molar-refractivity contribution < 1.29 is 13.3 Å². The number of para-hydroxylation sites is 1. The quantitative estimate of drug-likeness (QED) is 0.439. The fourth-order valence-electron chi connectivity index (χ4n) is 2.63. The number of nitrogens with one attached hydrogen (secondary N) is 1. The van der Waals surface area contributed by atoms with Crippen LogP contribution in [0.15, 0.2) is 30.3 Å². The molecule has 3 N–H and O–H groups in total. The topological polar surface area (TPSA) is 65.7 Å².